The minimum atomic E-state index is -0.404. The fraction of sp³-hybridized carbons (Fsp3) is 0.500. The molecule has 2 rings (SSSR count). The van der Waals surface area contributed by atoms with Gasteiger partial charge in [-0.25, -0.2) is 4.39 Å². The summed E-state index contributed by atoms with van der Waals surface area (Å²) >= 11 is 12.1. The lowest BCUT2D eigenvalue weighted by Crippen LogP contribution is -2.57. The number of benzene rings is 1. The van der Waals surface area contributed by atoms with Crippen LogP contribution in [0.25, 0.3) is 0 Å². The largest absolute Gasteiger partial charge is 0.366 e. The summed E-state index contributed by atoms with van der Waals surface area (Å²) in [6, 6.07) is 2.61. The first kappa shape index (κ1) is 12.9. The van der Waals surface area contributed by atoms with Crippen LogP contribution in [0, 0.1) is 5.82 Å². The van der Waals surface area contributed by atoms with Crippen molar-refractivity contribution in [2.75, 3.05) is 24.5 Å². The Bertz CT molecular complexity index is 412. The number of hydrogen-bond donors (Lipinski definition) is 1. The van der Waals surface area contributed by atoms with Gasteiger partial charge in [0.05, 0.1) is 15.7 Å². The molecule has 0 aromatic heterocycles. The van der Waals surface area contributed by atoms with Crippen molar-refractivity contribution in [2.45, 2.75) is 19.4 Å². The average Bonchev–Trinajstić information content (AvgIpc) is 2.13. The van der Waals surface area contributed by atoms with E-state index in [0.29, 0.717) is 10.0 Å². The van der Waals surface area contributed by atoms with Gasteiger partial charge in [-0.05, 0) is 26.0 Å². The first-order valence-electron chi connectivity index (χ1n) is 5.53. The molecule has 1 fully saturated rings. The van der Waals surface area contributed by atoms with Crippen LogP contribution in [0.5, 0.6) is 0 Å². The molecule has 94 valence electrons. The summed E-state index contributed by atoms with van der Waals surface area (Å²) < 4.78 is 13.1. The summed E-state index contributed by atoms with van der Waals surface area (Å²) in [5.74, 6) is -0.404. The second kappa shape index (κ2) is 4.63. The van der Waals surface area contributed by atoms with Gasteiger partial charge in [-0.1, -0.05) is 23.2 Å². The van der Waals surface area contributed by atoms with Crippen molar-refractivity contribution in [3.8, 4) is 0 Å². The van der Waals surface area contributed by atoms with Crippen LogP contribution in [0.2, 0.25) is 10.0 Å². The monoisotopic (exact) mass is 276 g/mol. The zero-order valence-electron chi connectivity index (χ0n) is 9.86. The highest BCUT2D eigenvalue weighted by Crippen LogP contribution is 2.35. The van der Waals surface area contributed by atoms with E-state index in [4.69, 9.17) is 23.2 Å². The lowest BCUT2D eigenvalue weighted by molar-refractivity contribution is 0.353. The summed E-state index contributed by atoms with van der Waals surface area (Å²) in [7, 11) is 0. The van der Waals surface area contributed by atoms with Gasteiger partial charge in [0.15, 0.2) is 0 Å². The van der Waals surface area contributed by atoms with Crippen LogP contribution in [0.15, 0.2) is 12.1 Å². The van der Waals surface area contributed by atoms with Crippen molar-refractivity contribution < 1.29 is 4.39 Å². The quantitative estimate of drug-likeness (QED) is 0.847. The Morgan fingerprint density at radius 1 is 1.29 bits per heavy atom. The maximum atomic E-state index is 13.1. The lowest BCUT2D eigenvalue weighted by Gasteiger charge is -2.41. The number of hydrogen-bond acceptors (Lipinski definition) is 2. The van der Waals surface area contributed by atoms with Crippen LogP contribution in [-0.4, -0.2) is 25.2 Å². The van der Waals surface area contributed by atoms with Crippen LogP contribution in [0.1, 0.15) is 13.8 Å². The van der Waals surface area contributed by atoms with Crippen molar-refractivity contribution >= 4 is 28.9 Å². The molecule has 0 radical (unpaired) electrons. The fourth-order valence-corrected chi connectivity index (χ4v) is 2.87. The molecule has 0 amide bonds. The molecule has 0 unspecified atom stereocenters. The molecule has 0 aliphatic carbocycles. The number of halogens is 3. The number of anilines is 1. The van der Waals surface area contributed by atoms with Crippen LogP contribution in [0.3, 0.4) is 0 Å². The SMILES string of the molecule is CC1(C)CN(c2c(Cl)cc(F)cc2Cl)CCN1. The van der Waals surface area contributed by atoms with Gasteiger partial charge in [-0.15, -0.1) is 0 Å². The predicted molar refractivity (Wildman–Crippen MR) is 70.7 cm³/mol. The Morgan fingerprint density at radius 3 is 2.41 bits per heavy atom. The number of rotatable bonds is 1. The molecule has 17 heavy (non-hydrogen) atoms. The van der Waals surface area contributed by atoms with E-state index < -0.39 is 5.82 Å². The molecule has 1 heterocycles. The van der Waals surface area contributed by atoms with E-state index in [-0.39, 0.29) is 5.54 Å². The van der Waals surface area contributed by atoms with E-state index in [0.717, 1.165) is 25.3 Å². The molecule has 1 saturated heterocycles. The number of piperazine rings is 1. The van der Waals surface area contributed by atoms with E-state index in [1.807, 2.05) is 0 Å². The van der Waals surface area contributed by atoms with Crippen LogP contribution >= 0.6 is 23.2 Å². The van der Waals surface area contributed by atoms with Gasteiger partial charge in [0.2, 0.25) is 0 Å². The topological polar surface area (TPSA) is 15.3 Å². The minimum absolute atomic E-state index is 0.000701. The minimum Gasteiger partial charge on any atom is -0.366 e. The Balaban J connectivity index is 2.34. The molecular weight excluding hydrogens is 262 g/mol. The summed E-state index contributed by atoms with van der Waals surface area (Å²) in [4.78, 5) is 2.10. The third-order valence-corrected chi connectivity index (χ3v) is 3.45. The van der Waals surface area contributed by atoms with Crippen molar-refractivity contribution in [2.24, 2.45) is 0 Å². The molecule has 1 aromatic carbocycles. The van der Waals surface area contributed by atoms with Crippen molar-refractivity contribution in [1.82, 2.24) is 5.32 Å². The highest BCUT2D eigenvalue weighted by molar-refractivity contribution is 6.39. The zero-order chi connectivity index (χ0) is 12.6. The second-order valence-electron chi connectivity index (χ2n) is 4.95. The third-order valence-electron chi connectivity index (χ3n) is 2.87. The normalized spacial score (nSPS) is 19.5. The van der Waals surface area contributed by atoms with Crippen molar-refractivity contribution in [3.63, 3.8) is 0 Å². The molecule has 1 aromatic rings. The molecule has 0 saturated carbocycles. The van der Waals surface area contributed by atoms with E-state index in [2.05, 4.69) is 24.1 Å². The standard InChI is InChI=1S/C12H15Cl2FN2/c1-12(2)7-17(4-3-16-12)11-9(13)5-8(15)6-10(11)14/h5-6,16H,3-4,7H2,1-2H3. The first-order valence-corrected chi connectivity index (χ1v) is 6.29. The molecule has 5 heteroatoms. The van der Waals surface area contributed by atoms with Gasteiger partial charge >= 0.3 is 0 Å². The predicted octanol–water partition coefficient (Wildman–Crippen LogP) is 3.32. The molecule has 1 aliphatic rings. The summed E-state index contributed by atoms with van der Waals surface area (Å²) in [5, 5.41) is 4.14. The van der Waals surface area contributed by atoms with E-state index in [1.54, 1.807) is 0 Å². The van der Waals surface area contributed by atoms with E-state index in [9.17, 15) is 4.39 Å². The van der Waals surface area contributed by atoms with Crippen molar-refractivity contribution in [3.05, 3.63) is 28.0 Å². The highest BCUT2D eigenvalue weighted by Gasteiger charge is 2.28. The lowest BCUT2D eigenvalue weighted by atomic mass is 10.0. The van der Waals surface area contributed by atoms with Gasteiger partial charge in [0, 0.05) is 25.2 Å². The van der Waals surface area contributed by atoms with E-state index in [1.165, 1.54) is 12.1 Å². The number of nitrogens with one attached hydrogen (secondary N) is 1. The number of nitrogens with zero attached hydrogens (tertiary/aromatic N) is 1. The Morgan fingerprint density at radius 2 is 1.88 bits per heavy atom. The fourth-order valence-electron chi connectivity index (χ4n) is 2.17. The summed E-state index contributed by atoms with van der Waals surface area (Å²) in [6.07, 6.45) is 0. The van der Waals surface area contributed by atoms with Crippen LogP contribution < -0.4 is 10.2 Å². The molecule has 0 atom stereocenters. The van der Waals surface area contributed by atoms with Crippen molar-refractivity contribution in [1.29, 1.82) is 0 Å². The maximum absolute atomic E-state index is 13.1. The van der Waals surface area contributed by atoms with Gasteiger partial charge in [0.1, 0.15) is 5.82 Å². The smallest absolute Gasteiger partial charge is 0.126 e. The molecule has 1 N–H and O–H groups in total. The zero-order valence-corrected chi connectivity index (χ0v) is 11.4. The van der Waals surface area contributed by atoms with E-state index >= 15 is 0 Å². The first-order chi connectivity index (χ1) is 7.89. The molecule has 2 nitrogen and oxygen atoms in total. The highest BCUT2D eigenvalue weighted by atomic mass is 35.5. The summed E-state index contributed by atoms with van der Waals surface area (Å²) in [5.41, 5.74) is 0.726. The molecular formula is C12H15Cl2FN2. The Kier molecular flexibility index (Phi) is 3.53. The van der Waals surface area contributed by atoms with Gasteiger partial charge in [0.25, 0.3) is 0 Å². The molecule has 1 aliphatic heterocycles. The van der Waals surface area contributed by atoms with Gasteiger partial charge in [-0.3, -0.25) is 0 Å². The molecule has 0 spiro atoms. The van der Waals surface area contributed by atoms with Gasteiger partial charge in [-0.2, -0.15) is 0 Å². The average molecular weight is 277 g/mol. The molecule has 0 bridgehead atoms. The third kappa shape index (κ3) is 2.84. The summed E-state index contributed by atoms with van der Waals surface area (Å²) in [6.45, 7) is 6.69. The van der Waals surface area contributed by atoms with Crippen LogP contribution in [0.4, 0.5) is 10.1 Å². The Hall–Kier alpha value is -0.510. The second-order valence-corrected chi connectivity index (χ2v) is 5.76. The Labute approximate surface area is 111 Å². The maximum Gasteiger partial charge on any atom is 0.126 e. The van der Waals surface area contributed by atoms with Crippen LogP contribution in [-0.2, 0) is 0 Å². The van der Waals surface area contributed by atoms with Gasteiger partial charge < -0.3 is 10.2 Å².